The van der Waals surface area contributed by atoms with Gasteiger partial charge >= 0.3 is 0 Å². The van der Waals surface area contributed by atoms with Crippen molar-refractivity contribution in [3.8, 4) is 0 Å². The molecule has 1 N–H and O–H groups in total. The summed E-state index contributed by atoms with van der Waals surface area (Å²) in [4.78, 5) is 0. The fourth-order valence-corrected chi connectivity index (χ4v) is 2.06. The van der Waals surface area contributed by atoms with Gasteiger partial charge < -0.3 is 14.5 Å². The molecule has 1 aliphatic heterocycles. The minimum atomic E-state index is 0.531. The minimum absolute atomic E-state index is 0.531. The lowest BCUT2D eigenvalue weighted by Crippen LogP contribution is -2.28. The lowest BCUT2D eigenvalue weighted by molar-refractivity contribution is 0.181. The maximum absolute atomic E-state index is 5.54. The summed E-state index contributed by atoms with van der Waals surface area (Å²) in [5, 5.41) is 3.39. The number of nitrogens with one attached hydrogen (secondary N) is 1. The van der Waals surface area contributed by atoms with Gasteiger partial charge in [-0.2, -0.15) is 0 Å². The third kappa shape index (κ3) is 1.99. The highest BCUT2D eigenvalue weighted by Gasteiger charge is 2.20. The van der Waals surface area contributed by atoms with Gasteiger partial charge in [0.2, 0.25) is 0 Å². The van der Waals surface area contributed by atoms with Gasteiger partial charge in [-0.1, -0.05) is 0 Å². The van der Waals surface area contributed by atoms with E-state index in [1.807, 2.05) is 6.07 Å². The Bertz CT molecular complexity index is 277. The molecule has 3 heteroatoms. The van der Waals surface area contributed by atoms with E-state index in [0.717, 1.165) is 18.8 Å². The van der Waals surface area contributed by atoms with Gasteiger partial charge in [-0.05, 0) is 25.5 Å². The van der Waals surface area contributed by atoms with E-state index in [-0.39, 0.29) is 0 Å². The molecular weight excluding hydrogens is 178 g/mol. The van der Waals surface area contributed by atoms with E-state index in [4.69, 9.17) is 9.15 Å². The molecule has 1 atom stereocenters. The summed E-state index contributed by atoms with van der Waals surface area (Å²) in [6, 6.07) is 2.01. The van der Waals surface area contributed by atoms with Crippen molar-refractivity contribution in [3.63, 3.8) is 0 Å². The van der Waals surface area contributed by atoms with Crippen molar-refractivity contribution < 1.29 is 9.15 Å². The van der Waals surface area contributed by atoms with Gasteiger partial charge in [-0.15, -0.1) is 0 Å². The van der Waals surface area contributed by atoms with Gasteiger partial charge in [-0.3, -0.25) is 0 Å². The first kappa shape index (κ1) is 9.74. The third-order valence-electron chi connectivity index (χ3n) is 2.75. The van der Waals surface area contributed by atoms with Crippen LogP contribution in [-0.4, -0.2) is 20.2 Å². The van der Waals surface area contributed by atoms with Crippen LogP contribution in [0.2, 0.25) is 0 Å². The average molecular weight is 195 g/mol. The molecule has 3 nitrogen and oxygen atoms in total. The molecule has 1 saturated heterocycles. The zero-order valence-corrected chi connectivity index (χ0v) is 8.58. The van der Waals surface area contributed by atoms with Crippen LogP contribution in [0.3, 0.4) is 0 Å². The van der Waals surface area contributed by atoms with Crippen molar-refractivity contribution >= 4 is 0 Å². The molecule has 1 aromatic heterocycles. The summed E-state index contributed by atoms with van der Waals surface area (Å²) in [6.07, 6.45) is 4.22. The highest BCUT2D eigenvalue weighted by molar-refractivity contribution is 5.20. The molecule has 0 spiro atoms. The van der Waals surface area contributed by atoms with Crippen molar-refractivity contribution in [1.82, 2.24) is 5.32 Å². The van der Waals surface area contributed by atoms with Gasteiger partial charge in [-0.25, -0.2) is 0 Å². The topological polar surface area (TPSA) is 34.4 Å². The van der Waals surface area contributed by atoms with Crippen LogP contribution >= 0.6 is 0 Å². The van der Waals surface area contributed by atoms with Gasteiger partial charge in [0.15, 0.2) is 0 Å². The predicted molar refractivity (Wildman–Crippen MR) is 54.3 cm³/mol. The largest absolute Gasteiger partial charge is 0.469 e. The molecule has 0 amide bonds. The second-order valence-corrected chi connectivity index (χ2v) is 3.79. The molecule has 1 aliphatic rings. The molecular formula is C11H17NO2. The molecule has 1 aromatic rings. The molecule has 0 aliphatic carbocycles. The lowest BCUT2D eigenvalue weighted by Gasteiger charge is -2.21. The summed E-state index contributed by atoms with van der Waals surface area (Å²) < 4.78 is 10.7. The molecule has 0 aromatic carbocycles. The third-order valence-corrected chi connectivity index (χ3v) is 2.75. The number of methoxy groups -OCH3 is 1. The average Bonchev–Trinajstić information content (AvgIpc) is 2.68. The summed E-state index contributed by atoms with van der Waals surface area (Å²) in [7, 11) is 1.72. The lowest BCUT2D eigenvalue weighted by atomic mass is 9.95. The van der Waals surface area contributed by atoms with E-state index in [1.165, 1.54) is 18.4 Å². The van der Waals surface area contributed by atoms with Crippen molar-refractivity contribution in [3.05, 3.63) is 23.7 Å². The molecule has 78 valence electrons. The smallest absolute Gasteiger partial charge is 0.113 e. The van der Waals surface area contributed by atoms with Crippen LogP contribution < -0.4 is 5.32 Å². The summed E-state index contributed by atoms with van der Waals surface area (Å²) in [5.41, 5.74) is 1.20. The van der Waals surface area contributed by atoms with E-state index >= 15 is 0 Å². The van der Waals surface area contributed by atoms with Crippen LogP contribution in [-0.2, 0) is 11.3 Å². The number of piperidine rings is 1. The van der Waals surface area contributed by atoms with E-state index in [1.54, 1.807) is 13.4 Å². The van der Waals surface area contributed by atoms with Crippen LogP contribution in [0.4, 0.5) is 0 Å². The van der Waals surface area contributed by atoms with Crippen LogP contribution in [0, 0.1) is 0 Å². The maximum Gasteiger partial charge on any atom is 0.113 e. The Balaban J connectivity index is 2.09. The van der Waals surface area contributed by atoms with Crippen LogP contribution in [0.25, 0.3) is 0 Å². The molecule has 0 radical (unpaired) electrons. The van der Waals surface area contributed by atoms with Gasteiger partial charge in [0.05, 0.1) is 12.9 Å². The van der Waals surface area contributed by atoms with Crippen molar-refractivity contribution in [2.24, 2.45) is 0 Å². The Morgan fingerprint density at radius 3 is 3.29 bits per heavy atom. The highest BCUT2D eigenvalue weighted by atomic mass is 16.5. The van der Waals surface area contributed by atoms with Crippen LogP contribution in [0.15, 0.2) is 16.7 Å². The van der Waals surface area contributed by atoms with E-state index < -0.39 is 0 Å². The zero-order valence-electron chi connectivity index (χ0n) is 8.58. The van der Waals surface area contributed by atoms with Crippen molar-refractivity contribution in [2.75, 3.05) is 20.2 Å². The van der Waals surface area contributed by atoms with Crippen LogP contribution in [0.5, 0.6) is 0 Å². The molecule has 0 bridgehead atoms. The number of rotatable bonds is 3. The molecule has 14 heavy (non-hydrogen) atoms. The van der Waals surface area contributed by atoms with Gasteiger partial charge in [0, 0.05) is 25.1 Å². The quantitative estimate of drug-likeness (QED) is 0.799. The molecule has 0 saturated carbocycles. The Hall–Kier alpha value is -0.800. The van der Waals surface area contributed by atoms with Crippen molar-refractivity contribution in [2.45, 2.75) is 25.4 Å². The van der Waals surface area contributed by atoms with E-state index in [9.17, 15) is 0 Å². The summed E-state index contributed by atoms with van der Waals surface area (Å²) in [6.45, 7) is 2.82. The SMILES string of the molecule is COCc1ccoc1C1CCCNC1. The Labute approximate surface area is 84.4 Å². The number of hydrogen-bond acceptors (Lipinski definition) is 3. The van der Waals surface area contributed by atoms with Gasteiger partial charge in [0.25, 0.3) is 0 Å². The predicted octanol–water partition coefficient (Wildman–Crippen LogP) is 1.89. The maximum atomic E-state index is 5.54. The minimum Gasteiger partial charge on any atom is -0.469 e. The Morgan fingerprint density at radius 2 is 2.57 bits per heavy atom. The number of furan rings is 1. The first-order chi connectivity index (χ1) is 6.92. The number of hydrogen-bond donors (Lipinski definition) is 1. The summed E-state index contributed by atoms with van der Waals surface area (Å²) in [5.74, 6) is 1.64. The first-order valence-corrected chi connectivity index (χ1v) is 5.17. The molecule has 1 unspecified atom stereocenters. The van der Waals surface area contributed by atoms with Crippen LogP contribution in [0.1, 0.15) is 30.1 Å². The second kappa shape index (κ2) is 4.62. The molecule has 2 rings (SSSR count). The van der Waals surface area contributed by atoms with Crippen molar-refractivity contribution in [1.29, 1.82) is 0 Å². The Kier molecular flexibility index (Phi) is 3.22. The standard InChI is InChI=1S/C11H17NO2/c1-13-8-10-4-6-14-11(10)9-3-2-5-12-7-9/h4,6,9,12H,2-3,5,7-8H2,1H3. The molecule has 2 heterocycles. The van der Waals surface area contributed by atoms with E-state index in [2.05, 4.69) is 5.32 Å². The normalized spacial score (nSPS) is 22.5. The highest BCUT2D eigenvalue weighted by Crippen LogP contribution is 2.27. The Morgan fingerprint density at radius 1 is 1.64 bits per heavy atom. The second-order valence-electron chi connectivity index (χ2n) is 3.79. The summed E-state index contributed by atoms with van der Waals surface area (Å²) >= 11 is 0. The van der Waals surface area contributed by atoms with Gasteiger partial charge in [0.1, 0.15) is 5.76 Å². The fraction of sp³-hybridized carbons (Fsp3) is 0.636. The first-order valence-electron chi connectivity index (χ1n) is 5.17. The number of ether oxygens (including phenoxy) is 1. The monoisotopic (exact) mass is 195 g/mol. The zero-order chi connectivity index (χ0) is 9.80. The van der Waals surface area contributed by atoms with E-state index in [0.29, 0.717) is 12.5 Å². The molecule has 1 fully saturated rings. The fourth-order valence-electron chi connectivity index (χ4n) is 2.06.